The summed E-state index contributed by atoms with van der Waals surface area (Å²) in [4.78, 5) is 2.65. The van der Waals surface area contributed by atoms with Crippen LogP contribution in [0.15, 0.2) is 0 Å². The minimum atomic E-state index is -0.0114. The average Bonchev–Trinajstić information content (AvgIpc) is 2.36. The van der Waals surface area contributed by atoms with Crippen molar-refractivity contribution in [3.05, 3.63) is 0 Å². The third kappa shape index (κ3) is 6.24. The van der Waals surface area contributed by atoms with Crippen LogP contribution in [0.5, 0.6) is 0 Å². The van der Waals surface area contributed by atoms with Crippen LogP contribution in [0.3, 0.4) is 0 Å². The first kappa shape index (κ1) is 16.9. The quantitative estimate of drug-likeness (QED) is 0.770. The second-order valence-electron chi connectivity index (χ2n) is 7.08. The summed E-state index contributed by atoms with van der Waals surface area (Å²) in [5.41, 5.74) is -0.0114. The summed E-state index contributed by atoms with van der Waals surface area (Å²) in [6.07, 6.45) is 3.81. The molecule has 2 unspecified atom stereocenters. The predicted molar refractivity (Wildman–Crippen MR) is 82.6 cm³/mol. The number of piperidine rings is 1. The van der Waals surface area contributed by atoms with Crippen molar-refractivity contribution in [1.29, 1.82) is 0 Å². The van der Waals surface area contributed by atoms with Crippen LogP contribution in [0.1, 0.15) is 53.9 Å². The Morgan fingerprint density at radius 1 is 1.32 bits per heavy atom. The molecule has 0 amide bonds. The molecule has 0 bridgehead atoms. The largest absolute Gasteiger partial charge is 0.379 e. The minimum Gasteiger partial charge on any atom is -0.379 e. The molecule has 0 aromatic rings. The Labute approximate surface area is 120 Å². The minimum absolute atomic E-state index is 0.0114. The molecule has 1 rings (SSSR count). The van der Waals surface area contributed by atoms with Crippen molar-refractivity contribution in [2.75, 3.05) is 26.7 Å². The maximum absolute atomic E-state index is 5.57. The van der Waals surface area contributed by atoms with Crippen molar-refractivity contribution in [3.63, 3.8) is 0 Å². The fourth-order valence-electron chi connectivity index (χ4n) is 2.99. The standard InChI is InChI=1S/C16H34N2O/c1-13(2)17-11-15-8-7-9-18(12-15)14(3)10-16(4,5)19-6/h13-15,17H,7-12H2,1-6H3. The van der Waals surface area contributed by atoms with Gasteiger partial charge in [0.05, 0.1) is 5.60 Å². The van der Waals surface area contributed by atoms with Gasteiger partial charge in [-0.2, -0.15) is 0 Å². The lowest BCUT2D eigenvalue weighted by Gasteiger charge is -2.39. The lowest BCUT2D eigenvalue weighted by Crippen LogP contribution is -2.46. The number of methoxy groups -OCH3 is 1. The van der Waals surface area contributed by atoms with Gasteiger partial charge >= 0.3 is 0 Å². The number of hydrogen-bond acceptors (Lipinski definition) is 3. The zero-order chi connectivity index (χ0) is 14.5. The molecule has 3 heteroatoms. The Balaban J connectivity index is 2.41. The van der Waals surface area contributed by atoms with E-state index in [-0.39, 0.29) is 5.60 Å². The van der Waals surface area contributed by atoms with Crippen LogP contribution in [0, 0.1) is 5.92 Å². The van der Waals surface area contributed by atoms with Gasteiger partial charge in [0.2, 0.25) is 0 Å². The van der Waals surface area contributed by atoms with E-state index >= 15 is 0 Å². The highest BCUT2D eigenvalue weighted by molar-refractivity contribution is 4.82. The zero-order valence-corrected chi connectivity index (χ0v) is 13.8. The van der Waals surface area contributed by atoms with Crippen LogP contribution in [-0.4, -0.2) is 49.3 Å². The van der Waals surface area contributed by atoms with Crippen molar-refractivity contribution in [2.24, 2.45) is 5.92 Å². The molecular weight excluding hydrogens is 236 g/mol. The molecule has 2 atom stereocenters. The zero-order valence-electron chi connectivity index (χ0n) is 13.8. The van der Waals surface area contributed by atoms with Gasteiger partial charge in [0.15, 0.2) is 0 Å². The number of rotatable bonds is 7. The lowest BCUT2D eigenvalue weighted by molar-refractivity contribution is -0.0117. The Kier molecular flexibility index (Phi) is 6.78. The van der Waals surface area contributed by atoms with Crippen LogP contribution < -0.4 is 5.32 Å². The van der Waals surface area contributed by atoms with Gasteiger partial charge in [-0.05, 0) is 59.0 Å². The van der Waals surface area contributed by atoms with Crippen molar-refractivity contribution in [2.45, 2.75) is 71.6 Å². The van der Waals surface area contributed by atoms with Gasteiger partial charge in [0.1, 0.15) is 0 Å². The smallest absolute Gasteiger partial charge is 0.0637 e. The molecule has 1 aliphatic heterocycles. The third-order valence-corrected chi connectivity index (χ3v) is 4.33. The van der Waals surface area contributed by atoms with Gasteiger partial charge in [-0.25, -0.2) is 0 Å². The molecule has 0 aromatic heterocycles. The normalized spacial score (nSPS) is 23.8. The molecule has 1 fully saturated rings. The monoisotopic (exact) mass is 270 g/mol. The van der Waals surface area contributed by atoms with Gasteiger partial charge in [-0.15, -0.1) is 0 Å². The van der Waals surface area contributed by atoms with E-state index in [1.807, 2.05) is 7.11 Å². The first-order valence-electron chi connectivity index (χ1n) is 7.86. The molecule has 0 aromatic carbocycles. The molecule has 0 aliphatic carbocycles. The number of likely N-dealkylation sites (tertiary alicyclic amines) is 1. The van der Waals surface area contributed by atoms with Crippen molar-refractivity contribution < 1.29 is 4.74 Å². The van der Waals surface area contributed by atoms with E-state index in [0.717, 1.165) is 18.9 Å². The van der Waals surface area contributed by atoms with Gasteiger partial charge in [0.25, 0.3) is 0 Å². The van der Waals surface area contributed by atoms with Crippen molar-refractivity contribution in [1.82, 2.24) is 10.2 Å². The summed E-state index contributed by atoms with van der Waals surface area (Å²) in [6.45, 7) is 14.8. The molecule has 0 radical (unpaired) electrons. The predicted octanol–water partition coefficient (Wildman–Crippen LogP) is 2.90. The number of nitrogens with one attached hydrogen (secondary N) is 1. The molecule has 1 heterocycles. The van der Waals surface area contributed by atoms with Gasteiger partial charge in [-0.3, -0.25) is 0 Å². The Hall–Kier alpha value is -0.120. The Morgan fingerprint density at radius 3 is 2.58 bits per heavy atom. The molecule has 1 saturated heterocycles. The first-order chi connectivity index (χ1) is 8.84. The lowest BCUT2D eigenvalue weighted by atomic mass is 9.93. The van der Waals surface area contributed by atoms with E-state index in [0.29, 0.717) is 12.1 Å². The van der Waals surface area contributed by atoms with Gasteiger partial charge < -0.3 is 15.0 Å². The second-order valence-corrected chi connectivity index (χ2v) is 7.08. The molecule has 0 spiro atoms. The Bertz CT molecular complexity index is 253. The maximum atomic E-state index is 5.57. The summed E-state index contributed by atoms with van der Waals surface area (Å²) >= 11 is 0. The van der Waals surface area contributed by atoms with E-state index in [4.69, 9.17) is 4.74 Å². The molecule has 114 valence electrons. The summed E-state index contributed by atoms with van der Waals surface area (Å²) in [5, 5.41) is 3.58. The van der Waals surface area contributed by atoms with Gasteiger partial charge in [-0.1, -0.05) is 13.8 Å². The Morgan fingerprint density at radius 2 is 2.00 bits per heavy atom. The van der Waals surface area contributed by atoms with E-state index in [9.17, 15) is 0 Å². The second kappa shape index (κ2) is 7.61. The highest BCUT2D eigenvalue weighted by Crippen LogP contribution is 2.23. The van der Waals surface area contributed by atoms with E-state index in [1.54, 1.807) is 0 Å². The highest BCUT2D eigenvalue weighted by atomic mass is 16.5. The summed E-state index contributed by atoms with van der Waals surface area (Å²) in [7, 11) is 1.82. The van der Waals surface area contributed by atoms with Crippen molar-refractivity contribution >= 4 is 0 Å². The SMILES string of the molecule is COC(C)(C)CC(C)N1CCCC(CNC(C)C)C1. The molecule has 3 nitrogen and oxygen atoms in total. The molecule has 0 saturated carbocycles. The van der Waals surface area contributed by atoms with Crippen LogP contribution >= 0.6 is 0 Å². The van der Waals surface area contributed by atoms with Crippen molar-refractivity contribution in [3.8, 4) is 0 Å². The average molecular weight is 270 g/mol. The van der Waals surface area contributed by atoms with Gasteiger partial charge in [0, 0.05) is 25.7 Å². The molecule has 1 aliphatic rings. The summed E-state index contributed by atoms with van der Waals surface area (Å²) in [6, 6.07) is 1.21. The number of ether oxygens (including phenoxy) is 1. The first-order valence-corrected chi connectivity index (χ1v) is 7.86. The molecule has 19 heavy (non-hydrogen) atoms. The van der Waals surface area contributed by atoms with E-state index in [2.05, 4.69) is 44.8 Å². The summed E-state index contributed by atoms with van der Waals surface area (Å²) in [5.74, 6) is 0.809. The van der Waals surface area contributed by atoms with E-state index in [1.165, 1.54) is 25.9 Å². The third-order valence-electron chi connectivity index (χ3n) is 4.33. The van der Waals surface area contributed by atoms with Crippen LogP contribution in [0.25, 0.3) is 0 Å². The number of hydrogen-bond donors (Lipinski definition) is 1. The van der Waals surface area contributed by atoms with E-state index < -0.39 is 0 Å². The van der Waals surface area contributed by atoms with Crippen LogP contribution in [0.4, 0.5) is 0 Å². The summed E-state index contributed by atoms with van der Waals surface area (Å²) < 4.78 is 5.57. The number of nitrogens with zero attached hydrogens (tertiary/aromatic N) is 1. The van der Waals surface area contributed by atoms with Crippen LogP contribution in [0.2, 0.25) is 0 Å². The van der Waals surface area contributed by atoms with Crippen LogP contribution in [-0.2, 0) is 4.74 Å². The molecular formula is C16H34N2O. The maximum Gasteiger partial charge on any atom is 0.0637 e. The topological polar surface area (TPSA) is 24.5 Å². The fraction of sp³-hybridized carbons (Fsp3) is 1.00. The molecule has 1 N–H and O–H groups in total. The highest BCUT2D eigenvalue weighted by Gasteiger charge is 2.28. The fourth-order valence-corrected chi connectivity index (χ4v) is 2.99.